The van der Waals surface area contributed by atoms with Crippen LogP contribution in [0.2, 0.25) is 0 Å². The third-order valence-corrected chi connectivity index (χ3v) is 3.09. The molecule has 0 unspecified atom stereocenters. The van der Waals surface area contributed by atoms with Gasteiger partial charge in [0, 0.05) is 22.3 Å². The van der Waals surface area contributed by atoms with Gasteiger partial charge in [0.25, 0.3) is 11.9 Å². The molecule has 0 fully saturated rings. The molecule has 1 N–H and O–H groups in total. The summed E-state index contributed by atoms with van der Waals surface area (Å²) in [4.78, 5) is 12.0. The lowest BCUT2D eigenvalue weighted by Gasteiger charge is -2.03. The second kappa shape index (κ2) is 6.77. The molecule has 2 rings (SSSR count). The highest BCUT2D eigenvalue weighted by Crippen LogP contribution is 2.19. The lowest BCUT2D eigenvalue weighted by atomic mass is 10.2. The Kier molecular flexibility index (Phi) is 4.80. The number of nitrogens with zero attached hydrogens (tertiary/aromatic N) is 1. The molecule has 0 saturated carbocycles. The first-order valence-corrected chi connectivity index (χ1v) is 6.74. The van der Waals surface area contributed by atoms with Crippen molar-refractivity contribution in [1.29, 1.82) is 5.26 Å². The van der Waals surface area contributed by atoms with E-state index in [1.54, 1.807) is 36.4 Å². The minimum absolute atomic E-state index is 0.0603. The van der Waals surface area contributed by atoms with Crippen molar-refractivity contribution < 1.29 is 13.9 Å². The largest absolute Gasteiger partial charge is 0.468 e. The number of benzene rings is 1. The van der Waals surface area contributed by atoms with Gasteiger partial charge in [-0.2, -0.15) is 5.26 Å². The zero-order valence-corrected chi connectivity index (χ0v) is 12.7. The first-order valence-electron chi connectivity index (χ1n) is 5.95. The molecule has 5 nitrogen and oxygen atoms in total. The van der Waals surface area contributed by atoms with Crippen molar-refractivity contribution in [1.82, 2.24) is 0 Å². The van der Waals surface area contributed by atoms with Crippen LogP contribution in [0.5, 0.6) is 5.95 Å². The Labute approximate surface area is 130 Å². The van der Waals surface area contributed by atoms with Crippen molar-refractivity contribution in [3.63, 3.8) is 0 Å². The number of methoxy groups -OCH3 is 1. The van der Waals surface area contributed by atoms with E-state index in [0.717, 1.165) is 4.47 Å². The van der Waals surface area contributed by atoms with Gasteiger partial charge in [0.15, 0.2) is 0 Å². The molecule has 106 valence electrons. The highest BCUT2D eigenvalue weighted by Gasteiger charge is 2.11. The highest BCUT2D eigenvalue weighted by molar-refractivity contribution is 9.10. The Hall–Kier alpha value is -2.52. The fourth-order valence-electron chi connectivity index (χ4n) is 1.54. The summed E-state index contributed by atoms with van der Waals surface area (Å²) in [5, 5.41) is 11.7. The molecule has 0 spiro atoms. The van der Waals surface area contributed by atoms with Crippen LogP contribution in [0.1, 0.15) is 5.76 Å². The molecule has 1 heterocycles. The van der Waals surface area contributed by atoms with E-state index in [4.69, 9.17) is 14.4 Å². The summed E-state index contributed by atoms with van der Waals surface area (Å²) >= 11 is 3.31. The second-order valence-corrected chi connectivity index (χ2v) is 4.91. The molecule has 0 aliphatic carbocycles. The average molecular weight is 347 g/mol. The van der Waals surface area contributed by atoms with Crippen LogP contribution in [0.25, 0.3) is 6.08 Å². The number of hydrogen-bond donors (Lipinski definition) is 1. The monoisotopic (exact) mass is 346 g/mol. The third-order valence-electron chi connectivity index (χ3n) is 2.56. The number of nitrogens with one attached hydrogen (secondary N) is 1. The van der Waals surface area contributed by atoms with Gasteiger partial charge in [-0.1, -0.05) is 15.9 Å². The summed E-state index contributed by atoms with van der Waals surface area (Å²) in [6.45, 7) is 0. The van der Waals surface area contributed by atoms with Gasteiger partial charge in [-0.15, -0.1) is 0 Å². The summed E-state index contributed by atoms with van der Waals surface area (Å²) in [5.74, 6) is 0.177. The van der Waals surface area contributed by atoms with Gasteiger partial charge in [0.05, 0.1) is 7.11 Å². The number of ether oxygens (including phenoxy) is 1. The van der Waals surface area contributed by atoms with Gasteiger partial charge in [-0.3, -0.25) is 4.79 Å². The predicted molar refractivity (Wildman–Crippen MR) is 81.6 cm³/mol. The number of carbonyl (C=O) groups excluding carboxylic acids is 1. The van der Waals surface area contributed by atoms with E-state index < -0.39 is 5.91 Å². The van der Waals surface area contributed by atoms with Crippen LogP contribution >= 0.6 is 15.9 Å². The van der Waals surface area contributed by atoms with Gasteiger partial charge < -0.3 is 14.5 Å². The van der Waals surface area contributed by atoms with E-state index in [-0.39, 0.29) is 5.57 Å². The first-order chi connectivity index (χ1) is 10.1. The summed E-state index contributed by atoms with van der Waals surface area (Å²) in [6.07, 6.45) is 1.36. The Morgan fingerprint density at radius 1 is 1.33 bits per heavy atom. The normalized spacial score (nSPS) is 10.8. The van der Waals surface area contributed by atoms with Gasteiger partial charge in [0.1, 0.15) is 17.4 Å². The zero-order chi connectivity index (χ0) is 15.2. The number of carbonyl (C=O) groups is 1. The van der Waals surface area contributed by atoms with E-state index in [9.17, 15) is 4.79 Å². The predicted octanol–water partition coefficient (Wildman–Crippen LogP) is 3.60. The lowest BCUT2D eigenvalue weighted by Crippen LogP contribution is -2.13. The van der Waals surface area contributed by atoms with E-state index in [2.05, 4.69) is 21.2 Å². The van der Waals surface area contributed by atoms with Crippen LogP contribution in [0, 0.1) is 11.3 Å². The fourth-order valence-corrected chi connectivity index (χ4v) is 1.81. The molecule has 0 aliphatic rings. The number of amides is 1. The molecule has 1 amide bonds. The Balaban J connectivity index is 2.15. The van der Waals surface area contributed by atoms with Crippen molar-refractivity contribution in [2.75, 3.05) is 12.4 Å². The van der Waals surface area contributed by atoms with E-state index in [1.165, 1.54) is 13.2 Å². The van der Waals surface area contributed by atoms with Crippen LogP contribution in [-0.2, 0) is 4.79 Å². The maximum atomic E-state index is 12.0. The van der Waals surface area contributed by atoms with Crippen LogP contribution in [0.3, 0.4) is 0 Å². The molecular formula is C15H11BrN2O3. The summed E-state index contributed by atoms with van der Waals surface area (Å²) < 4.78 is 11.0. The standard InChI is InChI=1S/C15H11BrN2O3/c1-20-14-7-6-13(21-14)8-10(9-17)15(19)18-12-4-2-11(16)3-5-12/h2-8H,1H3,(H,18,19)/b10-8+. The van der Waals surface area contributed by atoms with Crippen molar-refractivity contribution >= 4 is 33.6 Å². The van der Waals surface area contributed by atoms with Crippen molar-refractivity contribution in [2.24, 2.45) is 0 Å². The number of rotatable bonds is 4. The molecule has 0 bridgehead atoms. The van der Waals surface area contributed by atoms with Crippen LogP contribution in [0.4, 0.5) is 5.69 Å². The van der Waals surface area contributed by atoms with Crippen LogP contribution in [0.15, 0.2) is 50.9 Å². The number of furan rings is 1. The average Bonchev–Trinajstić information content (AvgIpc) is 2.94. The molecule has 0 aliphatic heterocycles. The molecular weight excluding hydrogens is 336 g/mol. The molecule has 0 radical (unpaired) electrons. The zero-order valence-electron chi connectivity index (χ0n) is 11.1. The quantitative estimate of drug-likeness (QED) is 0.677. The minimum Gasteiger partial charge on any atom is -0.468 e. The smallest absolute Gasteiger partial charge is 0.284 e. The number of hydrogen-bond acceptors (Lipinski definition) is 4. The molecule has 6 heteroatoms. The molecule has 0 atom stereocenters. The molecule has 1 aromatic carbocycles. The molecule has 0 saturated heterocycles. The molecule has 21 heavy (non-hydrogen) atoms. The Morgan fingerprint density at radius 3 is 2.62 bits per heavy atom. The number of nitriles is 1. The van der Waals surface area contributed by atoms with Gasteiger partial charge >= 0.3 is 0 Å². The fraction of sp³-hybridized carbons (Fsp3) is 0.0667. The molecule has 1 aromatic heterocycles. The Morgan fingerprint density at radius 2 is 2.05 bits per heavy atom. The summed E-state index contributed by atoms with van der Waals surface area (Å²) in [6, 6.07) is 12.1. The summed E-state index contributed by atoms with van der Waals surface area (Å²) in [5.41, 5.74) is 0.538. The van der Waals surface area contributed by atoms with Crippen LogP contribution in [-0.4, -0.2) is 13.0 Å². The van der Waals surface area contributed by atoms with Crippen molar-refractivity contribution in [3.8, 4) is 12.0 Å². The van der Waals surface area contributed by atoms with Crippen LogP contribution < -0.4 is 10.1 Å². The van der Waals surface area contributed by atoms with Crippen molar-refractivity contribution in [3.05, 3.63) is 52.2 Å². The second-order valence-electron chi connectivity index (χ2n) is 3.99. The Bertz CT molecular complexity index is 711. The maximum Gasteiger partial charge on any atom is 0.284 e. The van der Waals surface area contributed by atoms with Gasteiger partial charge in [0.2, 0.25) is 0 Å². The number of halogens is 1. The van der Waals surface area contributed by atoms with Gasteiger partial charge in [-0.25, -0.2) is 0 Å². The minimum atomic E-state index is -0.504. The van der Waals surface area contributed by atoms with Gasteiger partial charge in [-0.05, 0) is 30.3 Å². The third kappa shape index (κ3) is 3.97. The summed E-state index contributed by atoms with van der Waals surface area (Å²) in [7, 11) is 1.47. The molecule has 2 aromatic rings. The lowest BCUT2D eigenvalue weighted by molar-refractivity contribution is -0.112. The maximum absolute atomic E-state index is 12.0. The van der Waals surface area contributed by atoms with E-state index in [1.807, 2.05) is 6.07 Å². The number of anilines is 1. The highest BCUT2D eigenvalue weighted by atomic mass is 79.9. The van der Waals surface area contributed by atoms with Crippen molar-refractivity contribution in [2.45, 2.75) is 0 Å². The first kappa shape index (κ1) is 14.9. The van der Waals surface area contributed by atoms with E-state index >= 15 is 0 Å². The SMILES string of the molecule is COc1ccc(/C=C(\C#N)C(=O)Nc2ccc(Br)cc2)o1. The topological polar surface area (TPSA) is 75.3 Å². The van der Waals surface area contributed by atoms with E-state index in [0.29, 0.717) is 17.4 Å².